The third-order valence-corrected chi connectivity index (χ3v) is 4.44. The molecule has 2 N–H and O–H groups in total. The molecule has 1 aromatic carbocycles. The van der Waals surface area contributed by atoms with Gasteiger partial charge in [0.15, 0.2) is 0 Å². The summed E-state index contributed by atoms with van der Waals surface area (Å²) < 4.78 is 0. The minimum atomic E-state index is -0.520. The lowest BCUT2D eigenvalue weighted by Crippen LogP contribution is -2.53. The first kappa shape index (κ1) is 17.5. The van der Waals surface area contributed by atoms with E-state index < -0.39 is 6.04 Å². The van der Waals surface area contributed by atoms with E-state index in [1.807, 2.05) is 24.8 Å². The number of carbonyl (C=O) groups is 2. The SMILES string of the molecule is CC(C)C(NC(=O)c1ccccc1)C(=O)N1CCC(CO)CC1. The van der Waals surface area contributed by atoms with Crippen molar-refractivity contribution in [2.75, 3.05) is 19.7 Å². The number of piperidine rings is 1. The van der Waals surface area contributed by atoms with Crippen molar-refractivity contribution in [2.24, 2.45) is 11.8 Å². The van der Waals surface area contributed by atoms with E-state index in [1.54, 1.807) is 24.3 Å². The molecular formula is C18H26N2O3. The smallest absolute Gasteiger partial charge is 0.251 e. The van der Waals surface area contributed by atoms with Gasteiger partial charge in [-0.2, -0.15) is 0 Å². The molecule has 1 saturated heterocycles. The third-order valence-electron chi connectivity index (χ3n) is 4.44. The van der Waals surface area contributed by atoms with Gasteiger partial charge < -0.3 is 15.3 Å². The number of aliphatic hydroxyl groups is 1. The molecular weight excluding hydrogens is 292 g/mol. The third kappa shape index (κ3) is 4.55. The summed E-state index contributed by atoms with van der Waals surface area (Å²) in [6.45, 7) is 5.35. The molecule has 23 heavy (non-hydrogen) atoms. The normalized spacial score (nSPS) is 17.1. The van der Waals surface area contributed by atoms with Gasteiger partial charge in [0.2, 0.25) is 5.91 Å². The zero-order chi connectivity index (χ0) is 16.8. The Labute approximate surface area is 137 Å². The number of nitrogens with one attached hydrogen (secondary N) is 1. The number of amides is 2. The standard InChI is InChI=1S/C18H26N2O3/c1-13(2)16(19-17(22)15-6-4-3-5-7-15)18(23)20-10-8-14(12-21)9-11-20/h3-7,13-14,16,21H,8-12H2,1-2H3,(H,19,22). The van der Waals surface area contributed by atoms with Crippen LogP contribution in [0.3, 0.4) is 0 Å². The molecule has 0 saturated carbocycles. The number of nitrogens with zero attached hydrogens (tertiary/aromatic N) is 1. The minimum Gasteiger partial charge on any atom is -0.396 e. The minimum absolute atomic E-state index is 0.0192. The van der Waals surface area contributed by atoms with E-state index in [0.717, 1.165) is 12.8 Å². The number of aliphatic hydroxyl groups excluding tert-OH is 1. The molecule has 1 aromatic rings. The van der Waals surface area contributed by atoms with Gasteiger partial charge in [0.25, 0.3) is 5.91 Å². The highest BCUT2D eigenvalue weighted by Gasteiger charge is 2.31. The Bertz CT molecular complexity index is 522. The van der Waals surface area contributed by atoms with E-state index >= 15 is 0 Å². The molecule has 5 nitrogen and oxygen atoms in total. The molecule has 0 aromatic heterocycles. The number of carbonyl (C=O) groups excluding carboxylic acids is 2. The Morgan fingerprint density at radius 1 is 1.22 bits per heavy atom. The van der Waals surface area contributed by atoms with Crippen molar-refractivity contribution in [2.45, 2.75) is 32.7 Å². The second kappa shape index (κ2) is 8.11. The molecule has 1 atom stereocenters. The van der Waals surface area contributed by atoms with Crippen LogP contribution in [0.25, 0.3) is 0 Å². The predicted molar refractivity (Wildman–Crippen MR) is 88.9 cm³/mol. The zero-order valence-electron chi connectivity index (χ0n) is 13.9. The van der Waals surface area contributed by atoms with Gasteiger partial charge in [-0.1, -0.05) is 32.0 Å². The topological polar surface area (TPSA) is 69.6 Å². The van der Waals surface area contributed by atoms with Crippen LogP contribution in [0.15, 0.2) is 30.3 Å². The molecule has 0 bridgehead atoms. The molecule has 5 heteroatoms. The number of hydrogen-bond donors (Lipinski definition) is 2. The second-order valence-electron chi connectivity index (χ2n) is 6.51. The van der Waals surface area contributed by atoms with E-state index in [-0.39, 0.29) is 30.3 Å². The summed E-state index contributed by atoms with van der Waals surface area (Å²) in [5, 5.41) is 12.1. The number of benzene rings is 1. The van der Waals surface area contributed by atoms with Crippen LogP contribution >= 0.6 is 0 Å². The number of hydrogen-bond acceptors (Lipinski definition) is 3. The van der Waals surface area contributed by atoms with Gasteiger partial charge in [0.1, 0.15) is 6.04 Å². The fourth-order valence-electron chi connectivity index (χ4n) is 2.86. The summed E-state index contributed by atoms with van der Waals surface area (Å²) in [6, 6.07) is 8.43. The Morgan fingerprint density at radius 3 is 2.35 bits per heavy atom. The summed E-state index contributed by atoms with van der Waals surface area (Å²) in [7, 11) is 0. The molecule has 1 fully saturated rings. The lowest BCUT2D eigenvalue weighted by Gasteiger charge is -2.35. The van der Waals surface area contributed by atoms with Crippen LogP contribution in [0.2, 0.25) is 0 Å². The molecule has 0 aliphatic carbocycles. The van der Waals surface area contributed by atoms with Crippen molar-refractivity contribution in [3.05, 3.63) is 35.9 Å². The quantitative estimate of drug-likeness (QED) is 0.868. The highest BCUT2D eigenvalue weighted by Crippen LogP contribution is 2.18. The second-order valence-corrected chi connectivity index (χ2v) is 6.51. The lowest BCUT2D eigenvalue weighted by molar-refractivity contribution is -0.135. The molecule has 0 radical (unpaired) electrons. The van der Waals surface area contributed by atoms with Crippen LogP contribution in [-0.4, -0.2) is 47.6 Å². The van der Waals surface area contributed by atoms with Gasteiger partial charge in [-0.3, -0.25) is 9.59 Å². The van der Waals surface area contributed by atoms with Crippen LogP contribution in [0, 0.1) is 11.8 Å². The molecule has 2 amide bonds. The van der Waals surface area contributed by atoms with E-state index in [1.165, 1.54) is 0 Å². The molecule has 1 aliphatic rings. The number of likely N-dealkylation sites (tertiary alicyclic amines) is 1. The highest BCUT2D eigenvalue weighted by atomic mass is 16.3. The van der Waals surface area contributed by atoms with Crippen LogP contribution in [0.1, 0.15) is 37.0 Å². The average molecular weight is 318 g/mol. The van der Waals surface area contributed by atoms with Crippen LogP contribution in [-0.2, 0) is 4.79 Å². The first-order valence-corrected chi connectivity index (χ1v) is 8.28. The van der Waals surface area contributed by atoms with Crippen molar-refractivity contribution in [1.82, 2.24) is 10.2 Å². The van der Waals surface area contributed by atoms with E-state index in [0.29, 0.717) is 18.7 Å². The van der Waals surface area contributed by atoms with E-state index in [4.69, 9.17) is 0 Å². The first-order valence-electron chi connectivity index (χ1n) is 8.28. The summed E-state index contributed by atoms with van der Waals surface area (Å²) in [5.74, 6) is 0.0600. The molecule has 1 aliphatic heterocycles. The predicted octanol–water partition coefficient (Wildman–Crippen LogP) is 1.67. The maximum absolute atomic E-state index is 12.8. The molecule has 2 rings (SSSR count). The van der Waals surface area contributed by atoms with Gasteiger partial charge in [0, 0.05) is 25.3 Å². The largest absolute Gasteiger partial charge is 0.396 e. The van der Waals surface area contributed by atoms with Gasteiger partial charge >= 0.3 is 0 Å². The Morgan fingerprint density at radius 2 is 1.83 bits per heavy atom. The Hall–Kier alpha value is -1.88. The maximum Gasteiger partial charge on any atom is 0.251 e. The van der Waals surface area contributed by atoms with E-state index in [2.05, 4.69) is 5.32 Å². The van der Waals surface area contributed by atoms with Gasteiger partial charge in [-0.25, -0.2) is 0 Å². The fourth-order valence-corrected chi connectivity index (χ4v) is 2.86. The molecule has 0 spiro atoms. The summed E-state index contributed by atoms with van der Waals surface area (Å²) >= 11 is 0. The van der Waals surface area contributed by atoms with Crippen molar-refractivity contribution >= 4 is 11.8 Å². The van der Waals surface area contributed by atoms with Gasteiger partial charge in [0.05, 0.1) is 0 Å². The van der Waals surface area contributed by atoms with Crippen molar-refractivity contribution in [1.29, 1.82) is 0 Å². The fraction of sp³-hybridized carbons (Fsp3) is 0.556. The first-order chi connectivity index (χ1) is 11.0. The molecule has 1 heterocycles. The van der Waals surface area contributed by atoms with Gasteiger partial charge in [-0.05, 0) is 36.8 Å². The van der Waals surface area contributed by atoms with Crippen LogP contribution in [0.4, 0.5) is 0 Å². The summed E-state index contributed by atoms with van der Waals surface area (Å²) in [4.78, 5) is 26.9. The average Bonchev–Trinajstić information content (AvgIpc) is 2.59. The van der Waals surface area contributed by atoms with E-state index in [9.17, 15) is 14.7 Å². The van der Waals surface area contributed by atoms with Crippen LogP contribution < -0.4 is 5.32 Å². The van der Waals surface area contributed by atoms with Crippen molar-refractivity contribution in [3.63, 3.8) is 0 Å². The molecule has 126 valence electrons. The zero-order valence-corrected chi connectivity index (χ0v) is 13.9. The molecule has 1 unspecified atom stereocenters. The summed E-state index contributed by atoms with van der Waals surface area (Å²) in [5.41, 5.74) is 0.560. The van der Waals surface area contributed by atoms with Crippen LogP contribution in [0.5, 0.6) is 0 Å². The van der Waals surface area contributed by atoms with Crippen molar-refractivity contribution < 1.29 is 14.7 Å². The number of rotatable bonds is 5. The summed E-state index contributed by atoms with van der Waals surface area (Å²) in [6.07, 6.45) is 1.64. The maximum atomic E-state index is 12.8. The Kier molecular flexibility index (Phi) is 6.16. The monoisotopic (exact) mass is 318 g/mol. The lowest BCUT2D eigenvalue weighted by atomic mass is 9.95. The van der Waals surface area contributed by atoms with Crippen molar-refractivity contribution in [3.8, 4) is 0 Å². The highest BCUT2D eigenvalue weighted by molar-refractivity contribution is 5.97. The Balaban J connectivity index is 2.01. The van der Waals surface area contributed by atoms with Gasteiger partial charge in [-0.15, -0.1) is 0 Å².